The van der Waals surface area contributed by atoms with Crippen molar-refractivity contribution in [1.82, 2.24) is 0 Å². The highest BCUT2D eigenvalue weighted by molar-refractivity contribution is 9.10. The lowest BCUT2D eigenvalue weighted by molar-refractivity contribution is 0.250. The van der Waals surface area contributed by atoms with E-state index in [0.717, 1.165) is 35.6 Å². The largest absolute Gasteiger partial charge is 0.492 e. The van der Waals surface area contributed by atoms with Crippen molar-refractivity contribution in [2.75, 3.05) is 6.61 Å². The zero-order valence-electron chi connectivity index (χ0n) is 9.92. The Morgan fingerprint density at radius 1 is 1.35 bits per heavy atom. The number of rotatable bonds is 4. The van der Waals surface area contributed by atoms with Gasteiger partial charge in [0.15, 0.2) is 0 Å². The van der Waals surface area contributed by atoms with Crippen LogP contribution in [-0.2, 0) is 5.54 Å². The number of benzene rings is 1. The predicted molar refractivity (Wildman–Crippen MR) is 72.1 cm³/mol. The Morgan fingerprint density at radius 3 is 2.71 bits per heavy atom. The second-order valence-electron chi connectivity index (χ2n) is 5.41. The van der Waals surface area contributed by atoms with E-state index in [2.05, 4.69) is 34.1 Å². The van der Waals surface area contributed by atoms with E-state index in [0.29, 0.717) is 0 Å². The number of hydrogen-bond acceptors (Lipinski definition) is 2. The predicted octanol–water partition coefficient (Wildman–Crippen LogP) is 3.58. The molecule has 0 unspecified atom stereocenters. The molecule has 0 heterocycles. The van der Waals surface area contributed by atoms with Crippen LogP contribution in [0.25, 0.3) is 0 Å². The van der Waals surface area contributed by atoms with Gasteiger partial charge in [-0.05, 0) is 71.6 Å². The van der Waals surface area contributed by atoms with Crippen LogP contribution in [-0.4, -0.2) is 6.61 Å². The molecule has 0 aromatic heterocycles. The molecule has 0 aliphatic heterocycles. The van der Waals surface area contributed by atoms with Crippen LogP contribution in [0.5, 0.6) is 5.75 Å². The van der Waals surface area contributed by atoms with E-state index >= 15 is 0 Å². The van der Waals surface area contributed by atoms with Crippen molar-refractivity contribution in [1.29, 1.82) is 0 Å². The molecule has 0 spiro atoms. The van der Waals surface area contributed by atoms with Crippen LogP contribution < -0.4 is 10.5 Å². The first-order valence-electron chi connectivity index (χ1n) is 6.39. The van der Waals surface area contributed by atoms with Crippen LogP contribution in [0, 0.1) is 5.92 Å². The van der Waals surface area contributed by atoms with Crippen LogP contribution in [0.3, 0.4) is 0 Å². The molecule has 0 saturated heterocycles. The van der Waals surface area contributed by atoms with Crippen molar-refractivity contribution in [3.05, 3.63) is 28.2 Å². The van der Waals surface area contributed by atoms with Crippen molar-refractivity contribution < 1.29 is 4.74 Å². The summed E-state index contributed by atoms with van der Waals surface area (Å²) < 4.78 is 6.89. The number of nitrogens with two attached hydrogens (primary N) is 1. The van der Waals surface area contributed by atoms with Crippen LogP contribution in [0.15, 0.2) is 22.7 Å². The van der Waals surface area contributed by atoms with Crippen molar-refractivity contribution in [2.24, 2.45) is 11.7 Å². The Hall–Kier alpha value is -0.540. The van der Waals surface area contributed by atoms with Crippen molar-refractivity contribution >= 4 is 15.9 Å². The van der Waals surface area contributed by atoms with E-state index in [1.165, 1.54) is 24.8 Å². The van der Waals surface area contributed by atoms with Gasteiger partial charge in [-0.25, -0.2) is 0 Å². The fourth-order valence-electron chi connectivity index (χ4n) is 2.26. The molecule has 2 fully saturated rings. The zero-order chi connectivity index (χ0) is 11.9. The molecule has 2 nitrogen and oxygen atoms in total. The molecule has 2 aliphatic carbocycles. The molecule has 2 aliphatic rings. The summed E-state index contributed by atoms with van der Waals surface area (Å²) >= 11 is 3.54. The van der Waals surface area contributed by atoms with Gasteiger partial charge in [0, 0.05) is 5.54 Å². The molecule has 2 saturated carbocycles. The lowest BCUT2D eigenvalue weighted by atomic mass is 9.73. The molecule has 17 heavy (non-hydrogen) atoms. The summed E-state index contributed by atoms with van der Waals surface area (Å²) in [7, 11) is 0. The van der Waals surface area contributed by atoms with Gasteiger partial charge in [0.25, 0.3) is 0 Å². The Balaban J connectivity index is 1.78. The Kier molecular flexibility index (Phi) is 2.91. The van der Waals surface area contributed by atoms with E-state index in [-0.39, 0.29) is 5.54 Å². The van der Waals surface area contributed by atoms with Crippen molar-refractivity contribution in [2.45, 2.75) is 37.6 Å². The topological polar surface area (TPSA) is 35.2 Å². The minimum absolute atomic E-state index is 0.0988. The fraction of sp³-hybridized carbons (Fsp3) is 0.571. The molecular weight excluding hydrogens is 278 g/mol. The first-order valence-corrected chi connectivity index (χ1v) is 7.18. The standard InChI is InChI=1S/C14H18BrNO/c15-12-5-4-11(14(16)6-1-7-14)8-13(12)17-9-10-2-3-10/h4-5,8,10H,1-3,6-7,9,16H2. The zero-order valence-corrected chi connectivity index (χ0v) is 11.5. The molecule has 1 aromatic rings. The third-order valence-electron chi connectivity index (χ3n) is 3.92. The summed E-state index contributed by atoms with van der Waals surface area (Å²) in [5, 5.41) is 0. The summed E-state index contributed by atoms with van der Waals surface area (Å²) in [5.74, 6) is 1.73. The molecule has 0 bridgehead atoms. The Morgan fingerprint density at radius 2 is 2.12 bits per heavy atom. The monoisotopic (exact) mass is 295 g/mol. The molecule has 3 heteroatoms. The summed E-state index contributed by atoms with van der Waals surface area (Å²) in [6.45, 7) is 0.847. The second kappa shape index (κ2) is 4.29. The molecule has 1 aromatic carbocycles. The van der Waals surface area contributed by atoms with Crippen LogP contribution >= 0.6 is 15.9 Å². The Bertz CT molecular complexity index is 424. The van der Waals surface area contributed by atoms with E-state index < -0.39 is 0 Å². The lowest BCUT2D eigenvalue weighted by Crippen LogP contribution is -2.43. The maximum atomic E-state index is 6.34. The molecule has 0 atom stereocenters. The van der Waals surface area contributed by atoms with Gasteiger partial charge in [0.2, 0.25) is 0 Å². The van der Waals surface area contributed by atoms with Crippen molar-refractivity contribution in [3.63, 3.8) is 0 Å². The van der Waals surface area contributed by atoms with E-state index in [9.17, 15) is 0 Å². The van der Waals surface area contributed by atoms with E-state index in [4.69, 9.17) is 10.5 Å². The van der Waals surface area contributed by atoms with Crippen molar-refractivity contribution in [3.8, 4) is 5.75 Å². The number of hydrogen-bond donors (Lipinski definition) is 1. The first-order chi connectivity index (χ1) is 8.17. The minimum Gasteiger partial charge on any atom is -0.492 e. The normalized spacial score (nSPS) is 22.0. The second-order valence-corrected chi connectivity index (χ2v) is 6.26. The first kappa shape index (κ1) is 11.5. The molecule has 3 rings (SSSR count). The van der Waals surface area contributed by atoms with Gasteiger partial charge in [-0.2, -0.15) is 0 Å². The lowest BCUT2D eigenvalue weighted by Gasteiger charge is -2.38. The van der Waals surface area contributed by atoms with Gasteiger partial charge in [-0.15, -0.1) is 0 Å². The summed E-state index contributed by atoms with van der Waals surface area (Å²) in [6, 6.07) is 6.29. The third kappa shape index (κ3) is 2.36. The molecule has 92 valence electrons. The van der Waals surface area contributed by atoms with Gasteiger partial charge in [0.1, 0.15) is 5.75 Å². The average molecular weight is 296 g/mol. The summed E-state index contributed by atoms with van der Waals surface area (Å²) in [6.07, 6.45) is 6.06. The van der Waals surface area contributed by atoms with Gasteiger partial charge in [0.05, 0.1) is 11.1 Å². The number of ether oxygens (including phenoxy) is 1. The van der Waals surface area contributed by atoms with Gasteiger partial charge in [-0.3, -0.25) is 0 Å². The van der Waals surface area contributed by atoms with E-state index in [1.807, 2.05) is 0 Å². The molecule has 0 amide bonds. The van der Waals surface area contributed by atoms with Gasteiger partial charge >= 0.3 is 0 Å². The molecule has 2 N–H and O–H groups in total. The molecule has 0 radical (unpaired) electrons. The minimum atomic E-state index is -0.0988. The highest BCUT2D eigenvalue weighted by Gasteiger charge is 2.34. The van der Waals surface area contributed by atoms with Gasteiger partial charge < -0.3 is 10.5 Å². The maximum Gasteiger partial charge on any atom is 0.133 e. The van der Waals surface area contributed by atoms with Crippen LogP contribution in [0.1, 0.15) is 37.7 Å². The quantitative estimate of drug-likeness (QED) is 0.921. The molecular formula is C14H18BrNO. The summed E-state index contributed by atoms with van der Waals surface area (Å²) in [5.41, 5.74) is 7.46. The van der Waals surface area contributed by atoms with E-state index in [1.54, 1.807) is 0 Å². The maximum absolute atomic E-state index is 6.34. The van der Waals surface area contributed by atoms with Crippen LogP contribution in [0.2, 0.25) is 0 Å². The SMILES string of the molecule is NC1(c2ccc(Br)c(OCC3CC3)c2)CCC1. The smallest absolute Gasteiger partial charge is 0.133 e. The third-order valence-corrected chi connectivity index (χ3v) is 4.58. The highest BCUT2D eigenvalue weighted by Crippen LogP contribution is 2.41. The van der Waals surface area contributed by atoms with Crippen LogP contribution in [0.4, 0.5) is 0 Å². The van der Waals surface area contributed by atoms with Gasteiger partial charge in [-0.1, -0.05) is 6.07 Å². The number of halogens is 1. The highest BCUT2D eigenvalue weighted by atomic mass is 79.9. The summed E-state index contributed by atoms with van der Waals surface area (Å²) in [4.78, 5) is 0. The fourth-order valence-corrected chi connectivity index (χ4v) is 2.62. The average Bonchev–Trinajstić information content (AvgIpc) is 3.09. The Labute approximate surface area is 111 Å².